The van der Waals surface area contributed by atoms with Crippen LogP contribution < -0.4 is 4.72 Å². The molecule has 0 aliphatic heterocycles. The van der Waals surface area contributed by atoms with Gasteiger partial charge in [-0.1, -0.05) is 58.4 Å². The second kappa shape index (κ2) is 7.13. The molecule has 1 N–H and O–H groups in total. The fraction of sp³-hybridized carbons (Fsp3) is 0.538. The standard InChI is InChI=1S/C13H15BrCl2FNO2S/c14-8-4-2-1-3-5-10(8)18-21(19,20)11-7-6-9(15)13(17)12(11)16/h6-8,10,18H,1-5H2. The molecule has 8 heteroatoms. The Morgan fingerprint density at radius 1 is 1.19 bits per heavy atom. The van der Waals surface area contributed by atoms with Crippen LogP contribution in [0.25, 0.3) is 0 Å². The molecule has 1 aliphatic carbocycles. The van der Waals surface area contributed by atoms with Gasteiger partial charge in [0.15, 0.2) is 5.82 Å². The monoisotopic (exact) mass is 417 g/mol. The zero-order valence-corrected chi connectivity index (χ0v) is 15.0. The lowest BCUT2D eigenvalue weighted by Gasteiger charge is -2.21. The average Bonchev–Trinajstić information content (AvgIpc) is 2.61. The molecule has 0 aromatic heterocycles. The minimum atomic E-state index is -3.89. The van der Waals surface area contributed by atoms with E-state index in [9.17, 15) is 12.8 Å². The lowest BCUT2D eigenvalue weighted by molar-refractivity contribution is 0.520. The molecule has 21 heavy (non-hydrogen) atoms. The highest BCUT2D eigenvalue weighted by Gasteiger charge is 2.29. The third kappa shape index (κ3) is 4.10. The van der Waals surface area contributed by atoms with Gasteiger partial charge >= 0.3 is 0 Å². The molecule has 1 aliphatic rings. The Bertz CT molecular complexity index is 627. The molecule has 118 valence electrons. The van der Waals surface area contributed by atoms with Gasteiger partial charge in [-0.3, -0.25) is 0 Å². The molecular weight excluding hydrogens is 404 g/mol. The quantitative estimate of drug-likeness (QED) is 0.446. The molecule has 2 atom stereocenters. The highest BCUT2D eigenvalue weighted by atomic mass is 79.9. The first kappa shape index (κ1) is 17.5. The van der Waals surface area contributed by atoms with Gasteiger partial charge < -0.3 is 0 Å². The number of sulfonamides is 1. The van der Waals surface area contributed by atoms with Crippen molar-refractivity contribution in [2.24, 2.45) is 0 Å². The number of hydrogen-bond acceptors (Lipinski definition) is 2. The maximum absolute atomic E-state index is 13.7. The van der Waals surface area contributed by atoms with E-state index in [2.05, 4.69) is 20.7 Å². The maximum atomic E-state index is 13.7. The van der Waals surface area contributed by atoms with E-state index >= 15 is 0 Å². The van der Waals surface area contributed by atoms with Gasteiger partial charge in [-0.2, -0.15) is 0 Å². The van der Waals surface area contributed by atoms with Gasteiger partial charge in [0.1, 0.15) is 4.90 Å². The van der Waals surface area contributed by atoms with Crippen LogP contribution in [0.15, 0.2) is 17.0 Å². The molecule has 1 saturated carbocycles. The smallest absolute Gasteiger partial charge is 0.207 e. The lowest BCUT2D eigenvalue weighted by atomic mass is 10.1. The first-order chi connectivity index (χ1) is 9.83. The fourth-order valence-corrected chi connectivity index (χ4v) is 5.32. The largest absolute Gasteiger partial charge is 0.242 e. The van der Waals surface area contributed by atoms with Crippen LogP contribution in [0.4, 0.5) is 4.39 Å². The predicted octanol–water partition coefficient (Wildman–Crippen LogP) is 4.51. The van der Waals surface area contributed by atoms with Crippen LogP contribution in [0, 0.1) is 5.82 Å². The molecule has 3 nitrogen and oxygen atoms in total. The van der Waals surface area contributed by atoms with Crippen LogP contribution in [-0.2, 0) is 10.0 Å². The molecule has 0 bridgehead atoms. The lowest BCUT2D eigenvalue weighted by Crippen LogP contribution is -2.40. The molecular formula is C13H15BrCl2FNO2S. The van der Waals surface area contributed by atoms with Gasteiger partial charge in [-0.15, -0.1) is 0 Å². The number of hydrogen-bond donors (Lipinski definition) is 1. The number of alkyl halides is 1. The number of nitrogens with one attached hydrogen (secondary N) is 1. The molecule has 1 aromatic carbocycles. The van der Waals surface area contributed by atoms with Gasteiger partial charge in [0, 0.05) is 10.9 Å². The average molecular weight is 419 g/mol. The Kier molecular flexibility index (Phi) is 5.93. The highest BCUT2D eigenvalue weighted by Crippen LogP contribution is 2.31. The van der Waals surface area contributed by atoms with Crippen molar-refractivity contribution in [2.75, 3.05) is 0 Å². The van der Waals surface area contributed by atoms with Crippen LogP contribution in [0.1, 0.15) is 32.1 Å². The molecule has 0 spiro atoms. The third-order valence-corrected chi connectivity index (χ3v) is 6.93. The minimum Gasteiger partial charge on any atom is -0.207 e. The zero-order chi connectivity index (χ0) is 15.6. The molecule has 1 fully saturated rings. The Balaban J connectivity index is 2.28. The third-order valence-electron chi connectivity index (χ3n) is 3.53. The first-order valence-electron chi connectivity index (χ1n) is 6.63. The predicted molar refractivity (Wildman–Crippen MR) is 86.3 cm³/mol. The summed E-state index contributed by atoms with van der Waals surface area (Å²) in [5.41, 5.74) is 0. The Labute approximate surface area is 142 Å². The van der Waals surface area contributed by atoms with Crippen molar-refractivity contribution in [2.45, 2.75) is 47.9 Å². The SMILES string of the molecule is O=S(=O)(NC1CCCCCC1Br)c1ccc(Cl)c(F)c1Cl. The summed E-state index contributed by atoms with van der Waals surface area (Å²) < 4.78 is 41.1. The van der Waals surface area contributed by atoms with Crippen LogP contribution in [0.2, 0.25) is 10.0 Å². The van der Waals surface area contributed by atoms with Gasteiger partial charge in [-0.05, 0) is 25.0 Å². The molecule has 0 heterocycles. The fourth-order valence-electron chi connectivity index (χ4n) is 2.37. The van der Waals surface area contributed by atoms with E-state index in [1.807, 2.05) is 0 Å². The summed E-state index contributed by atoms with van der Waals surface area (Å²) in [6.07, 6.45) is 4.73. The molecule has 2 unspecified atom stereocenters. The van der Waals surface area contributed by atoms with Gasteiger partial charge in [0.25, 0.3) is 0 Å². The molecule has 1 aromatic rings. The van der Waals surface area contributed by atoms with Crippen molar-refractivity contribution >= 4 is 49.2 Å². The molecule has 0 amide bonds. The van der Waals surface area contributed by atoms with E-state index in [0.717, 1.165) is 32.1 Å². The van der Waals surface area contributed by atoms with Gasteiger partial charge in [0.2, 0.25) is 10.0 Å². The normalized spacial score (nSPS) is 23.8. The number of halogens is 4. The van der Waals surface area contributed by atoms with Crippen LogP contribution >= 0.6 is 39.1 Å². The second-order valence-electron chi connectivity index (χ2n) is 5.06. The number of rotatable bonds is 3. The van der Waals surface area contributed by atoms with Crippen molar-refractivity contribution in [3.63, 3.8) is 0 Å². The highest BCUT2D eigenvalue weighted by molar-refractivity contribution is 9.09. The van der Waals surface area contributed by atoms with E-state index < -0.39 is 20.9 Å². The Hall–Kier alpha value is 0.120. The van der Waals surface area contributed by atoms with Crippen molar-refractivity contribution in [1.29, 1.82) is 0 Å². The van der Waals surface area contributed by atoms with Gasteiger partial charge in [0.05, 0.1) is 10.0 Å². The summed E-state index contributed by atoms with van der Waals surface area (Å²) in [5.74, 6) is -0.919. The summed E-state index contributed by atoms with van der Waals surface area (Å²) in [5, 5.41) is -0.679. The maximum Gasteiger partial charge on any atom is 0.242 e. The van der Waals surface area contributed by atoms with E-state index in [4.69, 9.17) is 23.2 Å². The van der Waals surface area contributed by atoms with Crippen molar-refractivity contribution < 1.29 is 12.8 Å². The van der Waals surface area contributed by atoms with Crippen LogP contribution in [0.5, 0.6) is 0 Å². The Morgan fingerprint density at radius 3 is 2.57 bits per heavy atom. The molecule has 2 rings (SSSR count). The van der Waals surface area contributed by atoms with Crippen molar-refractivity contribution in [3.8, 4) is 0 Å². The first-order valence-corrected chi connectivity index (χ1v) is 9.78. The minimum absolute atomic E-state index is 0.0608. The summed E-state index contributed by atoms with van der Waals surface area (Å²) in [4.78, 5) is -0.222. The summed E-state index contributed by atoms with van der Waals surface area (Å²) in [7, 11) is -3.89. The topological polar surface area (TPSA) is 46.2 Å². The van der Waals surface area contributed by atoms with E-state index in [0.29, 0.717) is 0 Å². The van der Waals surface area contributed by atoms with Gasteiger partial charge in [-0.25, -0.2) is 17.5 Å². The second-order valence-corrected chi connectivity index (χ2v) is 8.70. The van der Waals surface area contributed by atoms with E-state index in [1.165, 1.54) is 12.1 Å². The van der Waals surface area contributed by atoms with E-state index in [-0.39, 0.29) is 20.8 Å². The molecule has 0 radical (unpaired) electrons. The van der Waals surface area contributed by atoms with Crippen LogP contribution in [0.3, 0.4) is 0 Å². The van der Waals surface area contributed by atoms with Crippen molar-refractivity contribution in [3.05, 3.63) is 28.0 Å². The van der Waals surface area contributed by atoms with Crippen molar-refractivity contribution in [1.82, 2.24) is 4.72 Å². The summed E-state index contributed by atoms with van der Waals surface area (Å²) >= 11 is 14.9. The van der Waals surface area contributed by atoms with E-state index in [1.54, 1.807) is 0 Å². The van der Waals surface area contributed by atoms with Crippen LogP contribution in [-0.4, -0.2) is 19.3 Å². The summed E-state index contributed by atoms with van der Waals surface area (Å²) in [6.45, 7) is 0. The molecule has 0 saturated heterocycles. The Morgan fingerprint density at radius 2 is 1.86 bits per heavy atom. The zero-order valence-electron chi connectivity index (χ0n) is 11.1. The summed E-state index contributed by atoms with van der Waals surface area (Å²) in [6, 6.07) is 2.18. The number of benzene rings is 1.